The van der Waals surface area contributed by atoms with Crippen LogP contribution in [0, 0.1) is 76.2 Å². The van der Waals surface area contributed by atoms with E-state index in [9.17, 15) is 0 Å². The van der Waals surface area contributed by atoms with Gasteiger partial charge < -0.3 is 13.4 Å². The topological polar surface area (TPSA) is 31.2 Å². The molecule has 9 heteroatoms. The van der Waals surface area contributed by atoms with E-state index in [0.29, 0.717) is 0 Å². The molecule has 3 nitrogen and oxygen atoms in total. The number of aryl methyl sites for hydroxylation is 12. The summed E-state index contributed by atoms with van der Waals surface area (Å²) < 4.78 is 11.5. The first kappa shape index (κ1) is 70.0. The highest BCUT2D eigenvalue weighted by Gasteiger charge is 2.09. The van der Waals surface area contributed by atoms with E-state index in [4.69, 9.17) is 8.83 Å². The normalized spacial score (nSPS) is 9.80. The van der Waals surface area contributed by atoms with Crippen molar-refractivity contribution in [2.24, 2.45) is 7.05 Å². The number of furan rings is 2. The van der Waals surface area contributed by atoms with E-state index in [1.807, 2.05) is 103 Å². The van der Waals surface area contributed by atoms with Crippen molar-refractivity contribution in [2.45, 2.75) is 76.2 Å². The van der Waals surface area contributed by atoms with Crippen LogP contribution in [0.15, 0.2) is 291 Å². The van der Waals surface area contributed by atoms with Crippen molar-refractivity contribution in [2.75, 3.05) is 0 Å². The Kier molecular flexibility index (Phi) is 30.7. The molecule has 0 aliphatic heterocycles. The molecule has 0 N–H and O–H groups in total. The van der Waals surface area contributed by atoms with Crippen LogP contribution in [0.2, 0.25) is 0 Å². The van der Waals surface area contributed by atoms with E-state index in [0.717, 1.165) is 5.76 Å². The highest BCUT2D eigenvalue weighted by molar-refractivity contribution is 7.15. The summed E-state index contributed by atoms with van der Waals surface area (Å²) in [6, 6.07) is 78.3. The van der Waals surface area contributed by atoms with Crippen molar-refractivity contribution >= 4 is 89.6 Å². The summed E-state index contributed by atoms with van der Waals surface area (Å²) in [7, 11) is 2.00. The van der Waals surface area contributed by atoms with Gasteiger partial charge in [0, 0.05) is 53.6 Å². The lowest BCUT2D eigenvalue weighted by atomic mass is 9.91. The van der Waals surface area contributed by atoms with Gasteiger partial charge in [-0.3, -0.25) is 0 Å². The number of aromatic nitrogens is 1. The largest absolute Gasteiger partial charge is 0.472 e. The van der Waals surface area contributed by atoms with Gasteiger partial charge in [-0.15, -0.1) is 56.7 Å². The molecular weight excluding hydrogens is 1200 g/mol. The van der Waals surface area contributed by atoms with Crippen LogP contribution in [0.4, 0.5) is 0 Å². The number of hydrogen-bond acceptors (Lipinski definition) is 8. The van der Waals surface area contributed by atoms with Crippen LogP contribution in [0.5, 0.6) is 0 Å². The molecule has 0 fully saturated rings. The second-order valence-electron chi connectivity index (χ2n) is 20.9. The smallest absolute Gasteiger partial charge is 0.100 e. The minimum Gasteiger partial charge on any atom is -0.472 e. The summed E-state index contributed by atoms with van der Waals surface area (Å²) in [6.45, 7) is 23.0. The molecule has 9 aromatic heterocycles. The Hall–Kier alpha value is -8.12. The van der Waals surface area contributed by atoms with Crippen LogP contribution < -0.4 is 0 Å². The zero-order chi connectivity index (χ0) is 63.6. The van der Waals surface area contributed by atoms with E-state index >= 15 is 0 Å². The first-order valence-corrected chi connectivity index (χ1v) is 34.6. The van der Waals surface area contributed by atoms with Gasteiger partial charge in [-0.1, -0.05) is 145 Å². The Labute approximate surface area is 554 Å². The van der Waals surface area contributed by atoms with Crippen LogP contribution in [0.25, 0.3) is 54.2 Å². The maximum atomic E-state index is 4.83. The Morgan fingerprint density at radius 3 is 1.29 bits per heavy atom. The van der Waals surface area contributed by atoms with Crippen molar-refractivity contribution in [3.63, 3.8) is 0 Å². The van der Waals surface area contributed by atoms with Crippen molar-refractivity contribution in [3.8, 4) is 32.7 Å². The molecule has 456 valence electrons. The highest BCUT2D eigenvalue weighted by Crippen LogP contribution is 2.37. The van der Waals surface area contributed by atoms with Crippen LogP contribution in [0.3, 0.4) is 0 Å². The molecule has 0 saturated carbocycles. The number of rotatable bonds is 3. The Morgan fingerprint density at radius 2 is 0.933 bits per heavy atom. The van der Waals surface area contributed by atoms with Gasteiger partial charge in [0.1, 0.15) is 5.76 Å². The quantitative estimate of drug-likeness (QED) is 0.165. The zero-order valence-corrected chi connectivity index (χ0v) is 58.2. The molecule has 0 atom stereocenters. The molecular formula is C80H83NO2S6. The summed E-state index contributed by atoms with van der Waals surface area (Å²) in [5, 5.41) is 15.9. The fourth-order valence-electron chi connectivity index (χ4n) is 8.48. The molecule has 0 saturated heterocycles. The fourth-order valence-corrected chi connectivity index (χ4v) is 12.7. The minimum absolute atomic E-state index is 0.968. The highest BCUT2D eigenvalue weighted by atomic mass is 32.1. The molecule has 0 radical (unpaired) electrons. The molecule has 0 unspecified atom stereocenters. The summed E-state index contributed by atoms with van der Waals surface area (Å²) in [5.41, 5.74) is 11.8. The van der Waals surface area contributed by atoms with E-state index < -0.39 is 0 Å². The fraction of sp³-hybridized carbons (Fsp3) is 0.150. The summed E-state index contributed by atoms with van der Waals surface area (Å²) in [6.07, 6.45) is 9.03. The molecule has 15 aromatic rings. The predicted molar refractivity (Wildman–Crippen MR) is 399 cm³/mol. The van der Waals surface area contributed by atoms with E-state index in [2.05, 4.69) is 271 Å². The molecule has 15 rings (SSSR count). The minimum atomic E-state index is 0.968. The summed E-state index contributed by atoms with van der Waals surface area (Å²) >= 11 is 10.8. The third-order valence-corrected chi connectivity index (χ3v) is 18.3. The number of thiophene rings is 6. The maximum absolute atomic E-state index is 4.83. The van der Waals surface area contributed by atoms with Crippen LogP contribution in [-0.2, 0) is 7.05 Å². The molecule has 0 aliphatic rings. The molecule has 6 aromatic carbocycles. The average Bonchev–Trinajstić information content (AvgIpc) is 4.22. The van der Waals surface area contributed by atoms with Gasteiger partial charge in [-0.25, -0.2) is 0 Å². The third-order valence-electron chi connectivity index (χ3n) is 12.9. The van der Waals surface area contributed by atoms with Crippen LogP contribution in [0.1, 0.15) is 57.3 Å². The lowest BCUT2D eigenvalue weighted by molar-refractivity contribution is 0.534. The Balaban J connectivity index is 0.000000164. The lowest BCUT2D eigenvalue weighted by Gasteiger charge is -2.12. The van der Waals surface area contributed by atoms with Crippen LogP contribution in [-0.4, -0.2) is 4.57 Å². The molecule has 0 bridgehead atoms. The van der Waals surface area contributed by atoms with E-state index in [1.54, 1.807) is 64.1 Å². The summed E-state index contributed by atoms with van der Waals surface area (Å²) in [5.74, 6) is 0.968. The van der Waals surface area contributed by atoms with Crippen molar-refractivity contribution in [3.05, 3.63) is 340 Å². The lowest BCUT2D eigenvalue weighted by Crippen LogP contribution is -1.86. The first-order chi connectivity index (χ1) is 43.1. The second kappa shape index (κ2) is 39.0. The van der Waals surface area contributed by atoms with Crippen molar-refractivity contribution in [1.29, 1.82) is 0 Å². The van der Waals surface area contributed by atoms with E-state index in [1.165, 1.54) is 106 Å². The van der Waals surface area contributed by atoms with Gasteiger partial charge in [0.25, 0.3) is 0 Å². The SMILES string of the molecule is Cc1cc(-c2ccccc2)cs1.Cc1ccc(-c2ccccc2)s1.Cc1ccc(C)s1.Cc1cccc(-c2c3ccccc3cc3ccccc23)c1.Cc1ccco1.Cc1cccs1.Cc1ccoc1.Cc1ccsc1.Cc1csc(C)c1.Cn1cccc1. The number of benzene rings is 6. The number of fused-ring (bicyclic) bond motifs is 2. The van der Waals surface area contributed by atoms with Crippen LogP contribution >= 0.6 is 68.0 Å². The van der Waals surface area contributed by atoms with Gasteiger partial charge >= 0.3 is 0 Å². The Bertz CT molecular complexity index is 3810. The molecule has 0 amide bonds. The maximum Gasteiger partial charge on any atom is 0.100 e. The number of hydrogen-bond donors (Lipinski definition) is 0. The Morgan fingerprint density at radius 1 is 0.337 bits per heavy atom. The van der Waals surface area contributed by atoms with Crippen molar-refractivity contribution < 1.29 is 8.83 Å². The molecule has 0 aliphatic carbocycles. The van der Waals surface area contributed by atoms with Crippen molar-refractivity contribution in [1.82, 2.24) is 4.57 Å². The molecule has 9 heterocycles. The predicted octanol–water partition coefficient (Wildman–Crippen LogP) is 26.5. The first-order valence-electron chi connectivity index (χ1n) is 29.4. The average molecular weight is 1280 g/mol. The number of nitrogens with zero attached hydrogens (tertiary/aromatic N) is 1. The summed E-state index contributed by atoms with van der Waals surface area (Å²) in [4.78, 5) is 9.68. The standard InChI is InChI=1S/C21H16.2C11H10S.2C6H8S.C5H7N.2C5H6O.2C5H6S/c1-15-7-6-10-18(13-15)21-19-11-4-2-8-16(19)14-17-9-3-5-12-20(17)21;1-9-7-11(8-12-9)10-5-3-2-4-6-10;1-9-7-8-11(12-9)10-5-3-2-4-6-10;1-5-3-6(2)7-4-5;1-5-3-4-6(2)7-5;1-6-4-2-3-5-6;1-5-2-3-6-4-5;1-5-3-2-4-6-5;1-5-2-3-6-4-5;1-5-3-2-4-6-5/h2-14H,1H3;2*2-8H,1H3;2*3-4H,1-2H3;2-5H,1H3;4*2-4H,1H3. The zero-order valence-electron chi connectivity index (χ0n) is 53.3. The monoisotopic (exact) mass is 1280 g/mol. The van der Waals surface area contributed by atoms with E-state index in [-0.39, 0.29) is 0 Å². The van der Waals surface area contributed by atoms with Gasteiger partial charge in [0.15, 0.2) is 0 Å². The van der Waals surface area contributed by atoms with Gasteiger partial charge in [0.05, 0.1) is 18.8 Å². The van der Waals surface area contributed by atoms with Gasteiger partial charge in [-0.2, -0.15) is 11.3 Å². The second-order valence-corrected chi connectivity index (χ2v) is 27.9. The molecule has 89 heavy (non-hydrogen) atoms. The van der Waals surface area contributed by atoms with Gasteiger partial charge in [-0.05, 0) is 254 Å². The van der Waals surface area contributed by atoms with Gasteiger partial charge in [0.2, 0.25) is 0 Å². The molecule has 0 spiro atoms. The third kappa shape index (κ3) is 26.6.